The largest absolute Gasteiger partial charge is 0.311 e. The van der Waals surface area contributed by atoms with E-state index in [1.807, 2.05) is 37.8 Å². The van der Waals surface area contributed by atoms with Gasteiger partial charge in [-0.2, -0.15) is 8.42 Å². The fraction of sp³-hybridized carbons (Fsp3) is 0.500. The molecule has 0 unspecified atom stereocenters. The fourth-order valence-corrected chi connectivity index (χ4v) is 5.29. The second-order valence-corrected chi connectivity index (χ2v) is 11.0. The molecule has 1 aliphatic rings. The van der Waals surface area contributed by atoms with Crippen LogP contribution in [0.4, 0.5) is 10.1 Å². The van der Waals surface area contributed by atoms with E-state index in [0.29, 0.717) is 24.9 Å². The zero-order chi connectivity index (χ0) is 24.2. The standard InChI is InChI=1S/C26H34FNO4S/c1-18-13-21(9-7-8-12-32-33(4,30)31)14-19(2)25(18)28-17-22(15-20(3)26(28)29)16-23-10-5-6-11-24(23)27/h5-6,10-11,13-14,20,22H,7-9,12,15-17H2,1-4H3/t20-,22-/m1/s1. The van der Waals surface area contributed by atoms with E-state index >= 15 is 0 Å². The Hall–Kier alpha value is -2.25. The molecule has 2 aromatic rings. The van der Waals surface area contributed by atoms with Gasteiger partial charge in [-0.05, 0) is 80.2 Å². The van der Waals surface area contributed by atoms with E-state index in [2.05, 4.69) is 12.1 Å². The molecule has 180 valence electrons. The minimum absolute atomic E-state index is 0.108. The highest BCUT2D eigenvalue weighted by Gasteiger charge is 2.34. The van der Waals surface area contributed by atoms with Gasteiger partial charge in [-0.25, -0.2) is 4.39 Å². The maximum absolute atomic E-state index is 14.2. The van der Waals surface area contributed by atoms with Crippen LogP contribution < -0.4 is 4.90 Å². The molecule has 0 aliphatic carbocycles. The predicted octanol–water partition coefficient (Wildman–Crippen LogP) is 4.97. The lowest BCUT2D eigenvalue weighted by Gasteiger charge is -2.38. The molecule has 1 aliphatic heterocycles. The van der Waals surface area contributed by atoms with Crippen LogP contribution in [0.3, 0.4) is 0 Å². The van der Waals surface area contributed by atoms with E-state index in [-0.39, 0.29) is 30.2 Å². The van der Waals surface area contributed by atoms with Gasteiger partial charge in [-0.1, -0.05) is 37.3 Å². The molecule has 3 rings (SSSR count). The molecule has 1 fully saturated rings. The molecule has 5 nitrogen and oxygen atoms in total. The molecule has 7 heteroatoms. The number of hydrogen-bond acceptors (Lipinski definition) is 4. The smallest absolute Gasteiger partial charge is 0.264 e. The van der Waals surface area contributed by atoms with Crippen molar-refractivity contribution >= 4 is 21.7 Å². The van der Waals surface area contributed by atoms with Gasteiger partial charge in [0.2, 0.25) is 5.91 Å². The molecule has 1 heterocycles. The van der Waals surface area contributed by atoms with Crippen molar-refractivity contribution < 1.29 is 21.8 Å². The van der Waals surface area contributed by atoms with Crippen molar-refractivity contribution in [2.75, 3.05) is 24.3 Å². The third-order valence-electron chi connectivity index (χ3n) is 6.26. The van der Waals surface area contributed by atoms with Crippen molar-refractivity contribution in [1.82, 2.24) is 0 Å². The highest BCUT2D eigenvalue weighted by molar-refractivity contribution is 7.85. The molecule has 2 aromatic carbocycles. The van der Waals surface area contributed by atoms with Crippen LogP contribution in [0.15, 0.2) is 36.4 Å². The molecule has 0 bridgehead atoms. The summed E-state index contributed by atoms with van der Waals surface area (Å²) in [6.45, 7) is 6.79. The van der Waals surface area contributed by atoms with E-state index in [1.54, 1.807) is 6.07 Å². The van der Waals surface area contributed by atoms with Gasteiger partial charge in [0.15, 0.2) is 0 Å². The van der Waals surface area contributed by atoms with Crippen LogP contribution in [0.1, 0.15) is 48.4 Å². The number of piperidine rings is 1. The maximum atomic E-state index is 14.2. The van der Waals surface area contributed by atoms with Gasteiger partial charge in [-0.3, -0.25) is 8.98 Å². The Morgan fingerprint density at radius 2 is 1.79 bits per heavy atom. The first-order valence-electron chi connectivity index (χ1n) is 11.5. The number of amides is 1. The normalized spacial score (nSPS) is 19.2. The highest BCUT2D eigenvalue weighted by Crippen LogP contribution is 2.34. The third-order valence-corrected chi connectivity index (χ3v) is 6.85. The van der Waals surface area contributed by atoms with E-state index in [1.165, 1.54) is 6.07 Å². The Kier molecular flexibility index (Phi) is 8.29. The summed E-state index contributed by atoms with van der Waals surface area (Å²) in [4.78, 5) is 15.0. The summed E-state index contributed by atoms with van der Waals surface area (Å²) in [6.07, 6.45) is 4.73. The second-order valence-electron chi connectivity index (χ2n) is 9.31. The van der Waals surface area contributed by atoms with E-state index in [4.69, 9.17) is 4.18 Å². The Morgan fingerprint density at radius 1 is 1.12 bits per heavy atom. The van der Waals surface area contributed by atoms with Crippen molar-refractivity contribution in [3.8, 4) is 0 Å². The van der Waals surface area contributed by atoms with Crippen LogP contribution in [-0.4, -0.2) is 33.7 Å². The average molecular weight is 476 g/mol. The predicted molar refractivity (Wildman–Crippen MR) is 129 cm³/mol. The molecular weight excluding hydrogens is 441 g/mol. The first-order valence-corrected chi connectivity index (χ1v) is 13.4. The molecule has 0 radical (unpaired) electrons. The van der Waals surface area contributed by atoms with Crippen molar-refractivity contribution in [2.24, 2.45) is 11.8 Å². The van der Waals surface area contributed by atoms with E-state index in [0.717, 1.165) is 47.9 Å². The lowest BCUT2D eigenvalue weighted by Crippen LogP contribution is -2.46. The SMILES string of the molecule is Cc1cc(CCCCOS(C)(=O)=O)cc(C)c1N1C[C@@H](Cc2ccccc2F)C[C@@H](C)C1=O. The first kappa shape index (κ1) is 25.4. The van der Waals surface area contributed by atoms with Gasteiger partial charge < -0.3 is 4.90 Å². The number of rotatable bonds is 9. The number of aryl methyl sites for hydroxylation is 3. The zero-order valence-corrected chi connectivity index (χ0v) is 20.8. The summed E-state index contributed by atoms with van der Waals surface area (Å²) in [5.41, 5.74) is 4.91. The average Bonchev–Trinajstić information content (AvgIpc) is 2.71. The fourth-order valence-electron chi connectivity index (χ4n) is 4.87. The molecule has 33 heavy (non-hydrogen) atoms. The summed E-state index contributed by atoms with van der Waals surface area (Å²) < 4.78 is 41.1. The van der Waals surface area contributed by atoms with Crippen LogP contribution >= 0.6 is 0 Å². The van der Waals surface area contributed by atoms with Gasteiger partial charge in [0.25, 0.3) is 10.1 Å². The van der Waals surface area contributed by atoms with E-state index in [9.17, 15) is 17.6 Å². The number of halogens is 1. The number of unbranched alkanes of at least 4 members (excludes halogenated alkanes) is 1. The van der Waals surface area contributed by atoms with Crippen molar-refractivity contribution in [3.63, 3.8) is 0 Å². The van der Waals surface area contributed by atoms with Crippen LogP contribution in [0.2, 0.25) is 0 Å². The second kappa shape index (κ2) is 10.8. The van der Waals surface area contributed by atoms with Gasteiger partial charge >= 0.3 is 0 Å². The number of carbonyl (C=O) groups excluding carboxylic acids is 1. The monoisotopic (exact) mass is 475 g/mol. The minimum atomic E-state index is -3.40. The maximum Gasteiger partial charge on any atom is 0.264 e. The quantitative estimate of drug-likeness (QED) is 0.379. The highest BCUT2D eigenvalue weighted by atomic mass is 32.2. The van der Waals surface area contributed by atoms with Gasteiger partial charge in [-0.15, -0.1) is 0 Å². The van der Waals surface area contributed by atoms with Crippen LogP contribution in [0.25, 0.3) is 0 Å². The number of benzene rings is 2. The molecular formula is C26H34FNO4S. The van der Waals surface area contributed by atoms with E-state index < -0.39 is 10.1 Å². The van der Waals surface area contributed by atoms with Crippen molar-refractivity contribution in [1.29, 1.82) is 0 Å². The van der Waals surface area contributed by atoms with Crippen molar-refractivity contribution in [2.45, 2.75) is 52.9 Å². The molecule has 0 N–H and O–H groups in total. The number of carbonyl (C=O) groups is 1. The van der Waals surface area contributed by atoms with Crippen molar-refractivity contribution in [3.05, 3.63) is 64.5 Å². The molecule has 0 aromatic heterocycles. The first-order chi connectivity index (χ1) is 15.5. The number of nitrogens with zero attached hydrogens (tertiary/aromatic N) is 1. The topological polar surface area (TPSA) is 63.7 Å². The summed E-state index contributed by atoms with van der Waals surface area (Å²) >= 11 is 0. The van der Waals surface area contributed by atoms with Gasteiger partial charge in [0, 0.05) is 18.2 Å². The van der Waals surface area contributed by atoms with Gasteiger partial charge in [0.1, 0.15) is 5.82 Å². The number of anilines is 1. The lowest BCUT2D eigenvalue weighted by atomic mass is 9.84. The summed E-state index contributed by atoms with van der Waals surface area (Å²) in [5, 5.41) is 0. The summed E-state index contributed by atoms with van der Waals surface area (Å²) in [5.74, 6) is 0.0238. The lowest BCUT2D eigenvalue weighted by molar-refractivity contribution is -0.124. The zero-order valence-electron chi connectivity index (χ0n) is 19.9. The summed E-state index contributed by atoms with van der Waals surface area (Å²) in [7, 11) is -3.40. The Balaban J connectivity index is 1.71. The van der Waals surface area contributed by atoms with Crippen LogP contribution in [-0.2, 0) is 31.9 Å². The molecule has 1 saturated heterocycles. The van der Waals surface area contributed by atoms with Gasteiger partial charge in [0.05, 0.1) is 12.9 Å². The van der Waals surface area contributed by atoms with Crippen LogP contribution in [0, 0.1) is 31.5 Å². The Labute approximate surface area is 197 Å². The molecule has 2 atom stereocenters. The van der Waals surface area contributed by atoms with Crippen LogP contribution in [0.5, 0.6) is 0 Å². The summed E-state index contributed by atoms with van der Waals surface area (Å²) in [6, 6.07) is 11.1. The third kappa shape index (κ3) is 6.87. The number of hydrogen-bond donors (Lipinski definition) is 0. The molecule has 1 amide bonds. The Morgan fingerprint density at radius 3 is 2.42 bits per heavy atom. The Bertz CT molecular complexity index is 1080. The minimum Gasteiger partial charge on any atom is -0.311 e. The molecule has 0 saturated carbocycles. The molecule has 0 spiro atoms.